The SMILES string of the molecule is C[C@@H](Nc1ccc(-c2nc3ccccc3s2)cc1)C(=O)NCc1ccccc1. The summed E-state index contributed by atoms with van der Waals surface area (Å²) in [7, 11) is 0. The molecule has 1 atom stereocenters. The molecule has 0 spiro atoms. The molecule has 3 aromatic carbocycles. The number of amides is 1. The topological polar surface area (TPSA) is 54.0 Å². The lowest BCUT2D eigenvalue weighted by Gasteiger charge is -2.15. The van der Waals surface area contributed by atoms with Crippen LogP contribution < -0.4 is 10.6 Å². The van der Waals surface area contributed by atoms with Crippen molar-refractivity contribution in [1.82, 2.24) is 10.3 Å². The maximum Gasteiger partial charge on any atom is 0.242 e. The molecular weight excluding hydrogens is 366 g/mol. The summed E-state index contributed by atoms with van der Waals surface area (Å²) >= 11 is 1.68. The third-order valence-electron chi connectivity index (χ3n) is 4.51. The molecule has 0 radical (unpaired) electrons. The zero-order valence-electron chi connectivity index (χ0n) is 15.6. The van der Waals surface area contributed by atoms with E-state index in [0.717, 1.165) is 27.3 Å². The van der Waals surface area contributed by atoms with Gasteiger partial charge in [-0.05, 0) is 48.9 Å². The van der Waals surface area contributed by atoms with Crippen LogP contribution in [0.3, 0.4) is 0 Å². The van der Waals surface area contributed by atoms with E-state index in [1.165, 1.54) is 4.70 Å². The van der Waals surface area contributed by atoms with Crippen molar-refractivity contribution in [3.8, 4) is 10.6 Å². The maximum absolute atomic E-state index is 12.3. The molecule has 0 saturated heterocycles. The van der Waals surface area contributed by atoms with Crippen molar-refractivity contribution in [2.45, 2.75) is 19.5 Å². The molecule has 0 saturated carbocycles. The smallest absolute Gasteiger partial charge is 0.242 e. The average molecular weight is 388 g/mol. The summed E-state index contributed by atoms with van der Waals surface area (Å²) in [5.74, 6) is -0.0286. The van der Waals surface area contributed by atoms with E-state index in [2.05, 4.69) is 21.7 Å². The highest BCUT2D eigenvalue weighted by atomic mass is 32.1. The molecule has 0 aliphatic heterocycles. The summed E-state index contributed by atoms with van der Waals surface area (Å²) in [5, 5.41) is 7.22. The first-order valence-corrected chi connectivity index (χ1v) is 10.0. The molecule has 0 bridgehead atoms. The second-order valence-electron chi connectivity index (χ2n) is 6.63. The van der Waals surface area contributed by atoms with Gasteiger partial charge in [-0.3, -0.25) is 4.79 Å². The molecule has 5 heteroatoms. The molecular formula is C23H21N3OS. The number of carbonyl (C=O) groups excluding carboxylic acids is 1. The van der Waals surface area contributed by atoms with E-state index in [1.54, 1.807) is 11.3 Å². The standard InChI is InChI=1S/C23H21N3OS/c1-16(22(27)24-15-17-7-3-2-4-8-17)25-19-13-11-18(12-14-19)23-26-20-9-5-6-10-21(20)28-23/h2-14,16,25H,15H2,1H3,(H,24,27)/t16-/m1/s1. The van der Waals surface area contributed by atoms with Crippen LogP contribution in [0.5, 0.6) is 0 Å². The van der Waals surface area contributed by atoms with E-state index in [4.69, 9.17) is 0 Å². The normalized spacial score (nSPS) is 11.9. The third-order valence-corrected chi connectivity index (χ3v) is 5.60. The van der Waals surface area contributed by atoms with Gasteiger partial charge in [0.05, 0.1) is 10.2 Å². The Bertz CT molecular complexity index is 1040. The number of nitrogens with zero attached hydrogens (tertiary/aromatic N) is 1. The minimum atomic E-state index is -0.322. The summed E-state index contributed by atoms with van der Waals surface area (Å²) in [4.78, 5) is 17.0. The van der Waals surface area contributed by atoms with Crippen LogP contribution in [0.15, 0.2) is 78.9 Å². The van der Waals surface area contributed by atoms with E-state index in [0.29, 0.717) is 6.54 Å². The number of hydrogen-bond donors (Lipinski definition) is 2. The van der Waals surface area contributed by atoms with Crippen molar-refractivity contribution in [2.24, 2.45) is 0 Å². The highest BCUT2D eigenvalue weighted by molar-refractivity contribution is 7.21. The molecule has 0 aliphatic rings. The number of anilines is 1. The predicted molar refractivity (Wildman–Crippen MR) is 116 cm³/mol. The van der Waals surface area contributed by atoms with Crippen molar-refractivity contribution in [2.75, 3.05) is 5.32 Å². The van der Waals surface area contributed by atoms with Gasteiger partial charge in [0, 0.05) is 17.8 Å². The first kappa shape index (κ1) is 18.2. The zero-order valence-corrected chi connectivity index (χ0v) is 16.4. The number of nitrogens with one attached hydrogen (secondary N) is 2. The molecule has 1 heterocycles. The Morgan fingerprint density at radius 3 is 2.43 bits per heavy atom. The van der Waals surface area contributed by atoms with Crippen LogP contribution in [-0.4, -0.2) is 16.9 Å². The maximum atomic E-state index is 12.3. The molecule has 4 rings (SSSR count). The van der Waals surface area contributed by atoms with Gasteiger partial charge < -0.3 is 10.6 Å². The quantitative estimate of drug-likeness (QED) is 0.485. The Hall–Kier alpha value is -3.18. The monoisotopic (exact) mass is 387 g/mol. The van der Waals surface area contributed by atoms with E-state index >= 15 is 0 Å². The average Bonchev–Trinajstić information content (AvgIpc) is 3.17. The molecule has 0 fully saturated rings. The zero-order chi connectivity index (χ0) is 19.3. The third kappa shape index (κ3) is 4.21. The van der Waals surface area contributed by atoms with Gasteiger partial charge in [-0.1, -0.05) is 42.5 Å². The van der Waals surface area contributed by atoms with Crippen LogP contribution in [0.4, 0.5) is 5.69 Å². The molecule has 140 valence electrons. The van der Waals surface area contributed by atoms with Crippen LogP contribution >= 0.6 is 11.3 Å². The fourth-order valence-electron chi connectivity index (χ4n) is 2.96. The Labute approximate surface area is 168 Å². The second kappa shape index (κ2) is 8.23. The van der Waals surface area contributed by atoms with Gasteiger partial charge in [-0.2, -0.15) is 0 Å². The van der Waals surface area contributed by atoms with Gasteiger partial charge >= 0.3 is 0 Å². The van der Waals surface area contributed by atoms with Crippen LogP contribution in [0.1, 0.15) is 12.5 Å². The van der Waals surface area contributed by atoms with Gasteiger partial charge in [-0.15, -0.1) is 11.3 Å². The molecule has 2 N–H and O–H groups in total. The highest BCUT2D eigenvalue weighted by Gasteiger charge is 2.12. The minimum Gasteiger partial charge on any atom is -0.374 e. The molecule has 28 heavy (non-hydrogen) atoms. The van der Waals surface area contributed by atoms with Gasteiger partial charge in [0.2, 0.25) is 5.91 Å². The number of rotatable bonds is 6. The van der Waals surface area contributed by atoms with Gasteiger partial charge in [-0.25, -0.2) is 4.98 Å². The Kier molecular flexibility index (Phi) is 5.35. The summed E-state index contributed by atoms with van der Waals surface area (Å²) in [6.45, 7) is 2.39. The first-order chi connectivity index (χ1) is 13.7. The molecule has 0 unspecified atom stereocenters. The van der Waals surface area contributed by atoms with Crippen LogP contribution in [0.2, 0.25) is 0 Å². The van der Waals surface area contributed by atoms with Gasteiger partial charge in [0.15, 0.2) is 0 Å². The predicted octanol–water partition coefficient (Wildman–Crippen LogP) is 5.08. The Balaban J connectivity index is 1.37. The second-order valence-corrected chi connectivity index (χ2v) is 7.66. The number of thiazole rings is 1. The molecule has 4 aromatic rings. The lowest BCUT2D eigenvalue weighted by atomic mass is 10.2. The highest BCUT2D eigenvalue weighted by Crippen LogP contribution is 2.30. The van der Waals surface area contributed by atoms with E-state index in [1.807, 2.05) is 79.7 Å². The van der Waals surface area contributed by atoms with Gasteiger partial charge in [0.25, 0.3) is 0 Å². The van der Waals surface area contributed by atoms with E-state index in [9.17, 15) is 4.79 Å². The van der Waals surface area contributed by atoms with Crippen LogP contribution in [-0.2, 0) is 11.3 Å². The number of hydrogen-bond acceptors (Lipinski definition) is 4. The number of benzene rings is 3. The Morgan fingerprint density at radius 2 is 1.68 bits per heavy atom. The lowest BCUT2D eigenvalue weighted by Crippen LogP contribution is -2.37. The Morgan fingerprint density at radius 1 is 0.964 bits per heavy atom. The number of aromatic nitrogens is 1. The number of para-hydroxylation sites is 1. The minimum absolute atomic E-state index is 0.0286. The van der Waals surface area contributed by atoms with E-state index in [-0.39, 0.29) is 11.9 Å². The van der Waals surface area contributed by atoms with Crippen molar-refractivity contribution in [3.05, 3.63) is 84.4 Å². The number of fused-ring (bicyclic) bond motifs is 1. The molecule has 1 aromatic heterocycles. The summed E-state index contributed by atoms with van der Waals surface area (Å²) < 4.78 is 1.18. The molecule has 1 amide bonds. The van der Waals surface area contributed by atoms with Gasteiger partial charge in [0.1, 0.15) is 11.0 Å². The van der Waals surface area contributed by atoms with E-state index < -0.39 is 0 Å². The molecule has 0 aliphatic carbocycles. The van der Waals surface area contributed by atoms with Crippen LogP contribution in [0, 0.1) is 0 Å². The summed E-state index contributed by atoms with van der Waals surface area (Å²) in [5.41, 5.74) is 4.09. The fourth-order valence-corrected chi connectivity index (χ4v) is 3.93. The fraction of sp³-hybridized carbons (Fsp3) is 0.130. The lowest BCUT2D eigenvalue weighted by molar-refractivity contribution is -0.121. The van der Waals surface area contributed by atoms with Crippen molar-refractivity contribution < 1.29 is 4.79 Å². The number of carbonyl (C=O) groups is 1. The van der Waals surface area contributed by atoms with Crippen molar-refractivity contribution >= 4 is 33.1 Å². The van der Waals surface area contributed by atoms with Crippen molar-refractivity contribution in [1.29, 1.82) is 0 Å². The van der Waals surface area contributed by atoms with Crippen molar-refractivity contribution in [3.63, 3.8) is 0 Å². The van der Waals surface area contributed by atoms with Crippen LogP contribution in [0.25, 0.3) is 20.8 Å². The summed E-state index contributed by atoms with van der Waals surface area (Å²) in [6.07, 6.45) is 0. The first-order valence-electron chi connectivity index (χ1n) is 9.23. The largest absolute Gasteiger partial charge is 0.374 e. The molecule has 4 nitrogen and oxygen atoms in total. The summed E-state index contributed by atoms with van der Waals surface area (Å²) in [6, 6.07) is 25.8.